The highest BCUT2D eigenvalue weighted by Crippen LogP contribution is 2.32. The third kappa shape index (κ3) is 9.95. The Hall–Kier alpha value is -6.10. The third-order valence-electron chi connectivity index (χ3n) is 6.19. The molecule has 0 saturated heterocycles. The van der Waals surface area contributed by atoms with Crippen LogP contribution in [-0.4, -0.2) is 64.0 Å². The second-order valence-electron chi connectivity index (χ2n) is 9.20. The topological polar surface area (TPSA) is 203 Å². The first-order chi connectivity index (χ1) is 22.8. The summed E-state index contributed by atoms with van der Waals surface area (Å²) in [6.07, 6.45) is 6.00. The number of benzene rings is 2. The van der Waals surface area contributed by atoms with Gasteiger partial charge in [-0.15, -0.1) is 0 Å². The van der Waals surface area contributed by atoms with Gasteiger partial charge >= 0.3 is 0 Å². The Labute approximate surface area is 283 Å². The number of hydrogen-bond donors (Lipinski definition) is 1. The lowest BCUT2D eigenvalue weighted by molar-refractivity contribution is -0.385. The van der Waals surface area contributed by atoms with Crippen LogP contribution in [0.5, 0.6) is 11.5 Å². The molecule has 2 aromatic carbocycles. The van der Waals surface area contributed by atoms with Crippen LogP contribution in [-0.2, 0) is 11.9 Å². The minimum absolute atomic E-state index is 0. The van der Waals surface area contributed by atoms with Crippen molar-refractivity contribution in [2.75, 3.05) is 14.2 Å². The van der Waals surface area contributed by atoms with Crippen LogP contribution >= 0.6 is 15.9 Å². The number of halogens is 1. The summed E-state index contributed by atoms with van der Waals surface area (Å²) in [5, 5.41) is 32.4. The number of H-pyrrole nitrogens is 1. The Bertz CT molecular complexity index is 1890. The van der Waals surface area contributed by atoms with Gasteiger partial charge in [-0.1, -0.05) is 47.6 Å². The second-order valence-corrected chi connectivity index (χ2v) is 9.76. The maximum Gasteiger partial charge on any atom is 0.270 e. The van der Waals surface area contributed by atoms with E-state index in [1.165, 1.54) is 50.4 Å². The zero-order chi connectivity index (χ0) is 33.6. The molecule has 248 valence electrons. The summed E-state index contributed by atoms with van der Waals surface area (Å²) in [7, 11) is 3.08. The summed E-state index contributed by atoms with van der Waals surface area (Å²) in [5.74, 6) is 1.14. The van der Waals surface area contributed by atoms with Crippen molar-refractivity contribution in [1.29, 1.82) is 0 Å². The number of aromatic nitrogens is 8. The molecule has 0 fully saturated rings. The van der Waals surface area contributed by atoms with Crippen LogP contribution in [0.3, 0.4) is 0 Å². The largest absolute Gasteiger partial charge is 0.494 e. The molecule has 1 N–H and O–H groups in total. The molecule has 0 aliphatic heterocycles. The lowest BCUT2D eigenvalue weighted by Crippen LogP contribution is -2.04. The number of nitro groups is 2. The van der Waals surface area contributed by atoms with Crippen LogP contribution in [0.4, 0.5) is 11.4 Å². The molecule has 0 radical (unpaired) electrons. The molecule has 4 aromatic heterocycles. The molecule has 48 heavy (non-hydrogen) atoms. The quantitative estimate of drug-likeness (QED) is 0.0993. The monoisotopic (exact) mass is 718 g/mol. The smallest absolute Gasteiger partial charge is 0.270 e. The lowest BCUT2D eigenvalue weighted by Gasteiger charge is -2.10. The van der Waals surface area contributed by atoms with Gasteiger partial charge in [0.1, 0.15) is 48.2 Å². The summed E-state index contributed by atoms with van der Waals surface area (Å²) in [5.41, 5.74) is 4.06. The van der Waals surface area contributed by atoms with Gasteiger partial charge in [-0.25, -0.2) is 24.6 Å². The minimum Gasteiger partial charge on any atom is -0.494 e. The summed E-state index contributed by atoms with van der Waals surface area (Å²) in [6, 6.07) is 19.9. The lowest BCUT2D eigenvalue weighted by atomic mass is 10.1. The summed E-state index contributed by atoms with van der Waals surface area (Å²) in [4.78, 5) is 37.3. The van der Waals surface area contributed by atoms with E-state index < -0.39 is 9.85 Å². The van der Waals surface area contributed by atoms with Gasteiger partial charge in [0.25, 0.3) is 11.4 Å². The molecule has 0 bridgehead atoms. The first-order valence-corrected chi connectivity index (χ1v) is 14.7. The molecular weight excluding hydrogens is 688 g/mol. The molecule has 0 atom stereocenters. The average molecular weight is 720 g/mol. The number of alkyl halides is 1. The van der Waals surface area contributed by atoms with E-state index in [1.54, 1.807) is 54.5 Å². The molecule has 6 rings (SSSR count). The number of nitrogens with one attached hydrogen (secondary N) is 1. The Balaban J connectivity index is 0.000000226. The van der Waals surface area contributed by atoms with Gasteiger partial charge in [-0.3, -0.25) is 25.3 Å². The number of aromatic amines is 1. The predicted octanol–water partition coefficient (Wildman–Crippen LogP) is 6.31. The van der Waals surface area contributed by atoms with Crippen molar-refractivity contribution in [3.63, 3.8) is 0 Å². The fourth-order valence-electron chi connectivity index (χ4n) is 4.06. The van der Waals surface area contributed by atoms with Gasteiger partial charge in [0, 0.05) is 40.7 Å². The molecule has 0 aliphatic carbocycles. The molecule has 6 aromatic rings. The first-order valence-electron chi connectivity index (χ1n) is 13.6. The molecule has 0 saturated carbocycles. The highest BCUT2D eigenvalue weighted by molar-refractivity contribution is 9.08. The molecular formula is C31H31BrN10O6. The number of nitro benzene ring substituents is 2. The second kappa shape index (κ2) is 18.1. The van der Waals surface area contributed by atoms with E-state index in [0.29, 0.717) is 45.9 Å². The van der Waals surface area contributed by atoms with Crippen molar-refractivity contribution in [2.45, 2.75) is 19.3 Å². The highest BCUT2D eigenvalue weighted by Gasteiger charge is 2.14. The molecule has 0 amide bonds. The van der Waals surface area contributed by atoms with Crippen LogP contribution in [0.2, 0.25) is 0 Å². The summed E-state index contributed by atoms with van der Waals surface area (Å²) >= 11 is 3.34. The Morgan fingerprint density at radius 2 is 1.35 bits per heavy atom. The van der Waals surface area contributed by atoms with Gasteiger partial charge < -0.3 is 9.47 Å². The SMILES string of the molecule is C.COc1ccc(CBr)nc1-c1cccc([N+](=O)[O-])c1.COc1ccc(Cn2cncn2)nc1-c1cccc([N+](=O)[O-])c1.c1nc[nH]n1. The van der Waals surface area contributed by atoms with Gasteiger partial charge in [0.05, 0.1) is 42.0 Å². The minimum atomic E-state index is -0.435. The molecule has 16 nitrogen and oxygen atoms in total. The summed E-state index contributed by atoms with van der Waals surface area (Å²) in [6.45, 7) is 0.450. The van der Waals surface area contributed by atoms with Crippen molar-refractivity contribution < 1.29 is 19.3 Å². The van der Waals surface area contributed by atoms with Crippen molar-refractivity contribution in [1.82, 2.24) is 39.9 Å². The zero-order valence-corrected chi connectivity index (χ0v) is 26.6. The van der Waals surface area contributed by atoms with E-state index in [-0.39, 0.29) is 18.8 Å². The molecule has 0 unspecified atom stereocenters. The van der Waals surface area contributed by atoms with Crippen LogP contribution in [0, 0.1) is 20.2 Å². The number of nitrogens with zero attached hydrogens (tertiary/aromatic N) is 9. The maximum atomic E-state index is 11.0. The van der Waals surface area contributed by atoms with Crippen LogP contribution in [0.15, 0.2) is 98.1 Å². The number of hydrogen-bond acceptors (Lipinski definition) is 12. The van der Waals surface area contributed by atoms with Crippen molar-refractivity contribution in [2.24, 2.45) is 0 Å². The van der Waals surface area contributed by atoms with E-state index in [4.69, 9.17) is 9.47 Å². The Kier molecular flexibility index (Phi) is 13.8. The summed E-state index contributed by atoms with van der Waals surface area (Å²) < 4.78 is 12.2. The fraction of sp³-hybridized carbons (Fsp3) is 0.161. The highest BCUT2D eigenvalue weighted by atomic mass is 79.9. The van der Waals surface area contributed by atoms with Crippen LogP contribution < -0.4 is 9.47 Å². The number of ether oxygens (including phenoxy) is 2. The average Bonchev–Trinajstić information content (AvgIpc) is 3.87. The Morgan fingerprint density at radius 1 is 0.792 bits per heavy atom. The number of rotatable bonds is 9. The van der Waals surface area contributed by atoms with Gasteiger partial charge in [0.2, 0.25) is 0 Å². The van der Waals surface area contributed by atoms with Crippen molar-refractivity contribution >= 4 is 27.3 Å². The number of non-ortho nitro benzene ring substituents is 2. The van der Waals surface area contributed by atoms with Crippen molar-refractivity contribution in [3.8, 4) is 34.0 Å². The number of pyridine rings is 2. The van der Waals surface area contributed by atoms with Gasteiger partial charge in [-0.2, -0.15) is 10.2 Å². The van der Waals surface area contributed by atoms with E-state index >= 15 is 0 Å². The van der Waals surface area contributed by atoms with Gasteiger partial charge in [0.15, 0.2) is 0 Å². The molecule has 17 heteroatoms. The molecule has 0 aliphatic rings. The molecule has 0 spiro atoms. The van der Waals surface area contributed by atoms with E-state index in [1.807, 2.05) is 12.1 Å². The fourth-order valence-corrected chi connectivity index (χ4v) is 4.37. The van der Waals surface area contributed by atoms with E-state index in [9.17, 15) is 20.2 Å². The van der Waals surface area contributed by atoms with Crippen molar-refractivity contribution in [3.05, 3.63) is 130 Å². The van der Waals surface area contributed by atoms with Gasteiger partial charge in [-0.05, 0) is 24.3 Å². The normalized spacial score (nSPS) is 9.90. The predicted molar refractivity (Wildman–Crippen MR) is 181 cm³/mol. The zero-order valence-electron chi connectivity index (χ0n) is 25.0. The Morgan fingerprint density at radius 3 is 1.77 bits per heavy atom. The standard InChI is InChI=1S/C15H13N5O3.C13H11BrN2O3.C2H3N3.CH4/c1-23-14-6-5-12(8-19-10-16-9-17-19)18-15(14)11-3-2-4-13(7-11)20(21)22;1-19-12-6-5-10(8-14)15-13(12)9-3-2-4-11(7-9)16(17)18;1-3-2-5-4-1;/h2-7,9-10H,8H2,1H3;2-7H,8H2,1H3;1-2H,(H,3,4,5);1H4. The number of methoxy groups -OCH3 is 2. The van der Waals surface area contributed by atoms with E-state index in [0.717, 1.165) is 11.4 Å². The van der Waals surface area contributed by atoms with E-state index in [2.05, 4.69) is 51.2 Å². The third-order valence-corrected chi connectivity index (χ3v) is 6.77. The molecule has 4 heterocycles. The first kappa shape index (κ1) is 36.4. The van der Waals surface area contributed by atoms with Crippen LogP contribution in [0.1, 0.15) is 18.8 Å². The maximum absolute atomic E-state index is 11.0. The van der Waals surface area contributed by atoms with Crippen LogP contribution in [0.25, 0.3) is 22.5 Å².